The molecular formula is C77H69N. The van der Waals surface area contributed by atoms with Crippen molar-refractivity contribution in [2.45, 2.75) is 84.0 Å². The highest BCUT2D eigenvalue weighted by Crippen LogP contribution is 2.61. The average Bonchev–Trinajstić information content (AvgIpc) is 3.79. The van der Waals surface area contributed by atoms with Crippen molar-refractivity contribution in [3.8, 4) is 44.5 Å². The van der Waals surface area contributed by atoms with Gasteiger partial charge in [-0.05, 0) is 142 Å². The maximum atomic E-state index is 2.65. The van der Waals surface area contributed by atoms with Crippen LogP contribution in [0.15, 0.2) is 248 Å². The molecule has 78 heavy (non-hydrogen) atoms. The molecule has 13 rings (SSSR count). The lowest BCUT2D eigenvalue weighted by Gasteiger charge is -2.41. The van der Waals surface area contributed by atoms with Crippen LogP contribution in [0.2, 0.25) is 0 Å². The molecule has 4 atom stereocenters. The summed E-state index contributed by atoms with van der Waals surface area (Å²) in [6.07, 6.45) is 4.96. The lowest BCUT2D eigenvalue weighted by atomic mass is 9.65. The number of para-hydroxylation sites is 2. The largest absolute Gasteiger partial charge is 0.309 e. The highest BCUT2D eigenvalue weighted by atomic mass is 15.2. The molecule has 3 aliphatic rings. The van der Waals surface area contributed by atoms with Crippen LogP contribution in [0.3, 0.4) is 0 Å². The molecule has 1 nitrogen and oxygen atoms in total. The summed E-state index contributed by atoms with van der Waals surface area (Å²) in [6.45, 7) is 21.4. The van der Waals surface area contributed by atoms with E-state index in [1.165, 1.54) is 111 Å². The van der Waals surface area contributed by atoms with E-state index in [9.17, 15) is 0 Å². The second kappa shape index (κ2) is 18.5. The summed E-state index contributed by atoms with van der Waals surface area (Å²) in [7, 11) is 0. The number of allylic oxidation sites excluding steroid dienone is 3. The van der Waals surface area contributed by atoms with Crippen molar-refractivity contribution in [3.63, 3.8) is 0 Å². The van der Waals surface area contributed by atoms with Crippen molar-refractivity contribution in [2.75, 3.05) is 4.90 Å². The highest BCUT2D eigenvalue weighted by Gasteiger charge is 2.51. The van der Waals surface area contributed by atoms with E-state index in [4.69, 9.17) is 0 Å². The predicted molar refractivity (Wildman–Crippen MR) is 332 cm³/mol. The number of rotatable bonds is 8. The normalized spacial score (nSPS) is 19.3. The zero-order valence-electron chi connectivity index (χ0n) is 46.7. The van der Waals surface area contributed by atoms with Crippen LogP contribution in [-0.4, -0.2) is 0 Å². The van der Waals surface area contributed by atoms with Crippen molar-refractivity contribution in [3.05, 3.63) is 293 Å². The Hall–Kier alpha value is -8.26. The van der Waals surface area contributed by atoms with E-state index in [1.54, 1.807) is 0 Å². The molecule has 0 amide bonds. The van der Waals surface area contributed by atoms with E-state index < -0.39 is 0 Å². The molecule has 0 N–H and O–H groups in total. The molecule has 0 saturated carbocycles. The van der Waals surface area contributed by atoms with Gasteiger partial charge in [0.25, 0.3) is 0 Å². The average molecular weight is 1010 g/mol. The third-order valence-electron chi connectivity index (χ3n) is 18.1. The zero-order chi connectivity index (χ0) is 53.7. The molecule has 382 valence electrons. The van der Waals surface area contributed by atoms with Gasteiger partial charge in [-0.25, -0.2) is 0 Å². The van der Waals surface area contributed by atoms with Gasteiger partial charge in [0.2, 0.25) is 0 Å². The van der Waals surface area contributed by atoms with Crippen molar-refractivity contribution < 1.29 is 0 Å². The first-order chi connectivity index (χ1) is 37.7. The molecule has 0 aromatic heterocycles. The van der Waals surface area contributed by atoms with Gasteiger partial charge in [-0.15, -0.1) is 0 Å². The summed E-state index contributed by atoms with van der Waals surface area (Å²) in [4.78, 5) is 2.65. The van der Waals surface area contributed by atoms with Crippen molar-refractivity contribution >= 4 is 27.7 Å². The molecule has 10 aromatic rings. The summed E-state index contributed by atoms with van der Waals surface area (Å²) in [5.74, 6) is 0.436. The van der Waals surface area contributed by atoms with Crippen LogP contribution in [0.1, 0.15) is 107 Å². The molecule has 0 fully saturated rings. The van der Waals surface area contributed by atoms with E-state index in [-0.39, 0.29) is 33.5 Å². The first-order valence-electron chi connectivity index (χ1n) is 28.2. The Balaban J connectivity index is 1.09. The molecule has 0 radical (unpaired) electrons. The van der Waals surface area contributed by atoms with Gasteiger partial charge in [-0.3, -0.25) is 0 Å². The summed E-state index contributed by atoms with van der Waals surface area (Å²) in [5.41, 5.74) is 24.8. The third kappa shape index (κ3) is 7.72. The molecule has 0 aliphatic heterocycles. The van der Waals surface area contributed by atoms with Gasteiger partial charge < -0.3 is 4.90 Å². The standard InChI is InChI=1S/C77H69N/c1-50-42-45-70(72-64-35-17-21-39-66(64)77(9,73(50)72)55-30-14-11-15-31-55)78(68-40-22-18-32-58(68)52-43-44-61-60-33-16-20-38-65(60)76(8,67(61)48-52)54-28-12-10-13-29-54)69-41-23-19-34-62(69)63-37-25-27-51-26-24-36-59(71(51)63)53-46-56(74(2,3)4)49-57(47-53)75(5,6)7/h10-50,73H,1-9H3. The van der Waals surface area contributed by atoms with E-state index >= 15 is 0 Å². The Kier molecular flexibility index (Phi) is 11.7. The van der Waals surface area contributed by atoms with Gasteiger partial charge in [-0.1, -0.05) is 274 Å². The highest BCUT2D eigenvalue weighted by molar-refractivity contribution is 6.09. The molecule has 0 spiro atoms. The summed E-state index contributed by atoms with van der Waals surface area (Å²) in [6, 6.07) is 87.6. The fourth-order valence-corrected chi connectivity index (χ4v) is 14.0. The van der Waals surface area contributed by atoms with E-state index in [1.807, 2.05) is 0 Å². The minimum absolute atomic E-state index is 0.0277. The quantitative estimate of drug-likeness (QED) is 0.147. The third-order valence-corrected chi connectivity index (χ3v) is 18.1. The summed E-state index contributed by atoms with van der Waals surface area (Å²) in [5, 5.41) is 2.49. The van der Waals surface area contributed by atoms with Gasteiger partial charge in [0, 0.05) is 27.9 Å². The summed E-state index contributed by atoms with van der Waals surface area (Å²) < 4.78 is 0. The minimum atomic E-state index is -0.341. The van der Waals surface area contributed by atoms with Gasteiger partial charge in [0.15, 0.2) is 0 Å². The second-order valence-electron chi connectivity index (χ2n) is 24.8. The fraction of sp³-hybridized carbons (Fsp3) is 0.195. The maximum absolute atomic E-state index is 2.65. The van der Waals surface area contributed by atoms with Crippen LogP contribution in [0, 0.1) is 11.8 Å². The van der Waals surface area contributed by atoms with Gasteiger partial charge in [0.05, 0.1) is 17.1 Å². The molecule has 0 bridgehead atoms. The van der Waals surface area contributed by atoms with Crippen LogP contribution in [0.5, 0.6) is 0 Å². The monoisotopic (exact) mass is 1010 g/mol. The first-order valence-corrected chi connectivity index (χ1v) is 28.2. The Morgan fingerprint density at radius 3 is 1.56 bits per heavy atom. The van der Waals surface area contributed by atoms with Gasteiger partial charge in [0.1, 0.15) is 0 Å². The number of hydrogen-bond donors (Lipinski definition) is 0. The minimum Gasteiger partial charge on any atom is -0.309 e. The summed E-state index contributed by atoms with van der Waals surface area (Å²) >= 11 is 0. The van der Waals surface area contributed by atoms with Crippen molar-refractivity contribution in [1.29, 1.82) is 0 Å². The molecule has 1 heteroatoms. The number of hydrogen-bond acceptors (Lipinski definition) is 1. The molecule has 0 heterocycles. The van der Waals surface area contributed by atoms with E-state index in [2.05, 4.69) is 310 Å². The predicted octanol–water partition coefficient (Wildman–Crippen LogP) is 20.5. The number of nitrogens with zero attached hydrogens (tertiary/aromatic N) is 1. The van der Waals surface area contributed by atoms with E-state index in [0.717, 1.165) is 11.4 Å². The second-order valence-corrected chi connectivity index (χ2v) is 24.8. The SMILES string of the molecule is CC1C=CC(N(c2ccccc2-c2ccc3c(c2)C(C)(c2ccccc2)c2ccccc2-3)c2ccccc2-c2cccc3cccc(-c4cc(C(C)(C)C)cc(C(C)(C)C)c4)c23)=C2c3ccccc3C(C)(c3ccccc3)C21. The first kappa shape index (κ1) is 49.3. The molecular weight excluding hydrogens is 939 g/mol. The maximum Gasteiger partial charge on any atom is 0.0540 e. The lowest BCUT2D eigenvalue weighted by Crippen LogP contribution is -2.35. The van der Waals surface area contributed by atoms with Gasteiger partial charge >= 0.3 is 0 Å². The number of benzene rings is 10. The van der Waals surface area contributed by atoms with Crippen LogP contribution < -0.4 is 4.90 Å². The topological polar surface area (TPSA) is 3.24 Å². The van der Waals surface area contributed by atoms with Crippen LogP contribution in [-0.2, 0) is 21.7 Å². The zero-order valence-corrected chi connectivity index (χ0v) is 46.7. The lowest BCUT2D eigenvalue weighted by molar-refractivity contribution is 0.372. The Bertz CT molecular complexity index is 4010. The molecule has 3 aliphatic carbocycles. The Morgan fingerprint density at radius 1 is 0.397 bits per heavy atom. The van der Waals surface area contributed by atoms with Crippen molar-refractivity contribution in [2.24, 2.45) is 11.8 Å². The van der Waals surface area contributed by atoms with Gasteiger partial charge in [-0.2, -0.15) is 0 Å². The van der Waals surface area contributed by atoms with Crippen LogP contribution in [0.4, 0.5) is 11.4 Å². The van der Waals surface area contributed by atoms with E-state index in [0.29, 0.717) is 0 Å². The molecule has 4 unspecified atom stereocenters. The smallest absolute Gasteiger partial charge is 0.0540 e. The Morgan fingerprint density at radius 2 is 0.910 bits per heavy atom. The fourth-order valence-electron chi connectivity index (χ4n) is 14.0. The number of anilines is 2. The Labute approximate surface area is 463 Å². The molecule has 10 aromatic carbocycles. The van der Waals surface area contributed by atoms with Crippen LogP contribution in [0.25, 0.3) is 60.9 Å². The molecule has 0 saturated heterocycles. The number of fused-ring (bicyclic) bond motifs is 7. The van der Waals surface area contributed by atoms with Crippen molar-refractivity contribution in [1.82, 2.24) is 0 Å². The van der Waals surface area contributed by atoms with Crippen LogP contribution >= 0.6 is 0 Å².